The molecule has 3 aliphatic rings. The largest absolute Gasteiger partial charge is 0.487 e. The topological polar surface area (TPSA) is 68.2 Å². The minimum absolute atomic E-state index is 0.112. The molecule has 4 atom stereocenters. The molecule has 170 valence electrons. The second kappa shape index (κ2) is 8.41. The van der Waals surface area contributed by atoms with Gasteiger partial charge in [-0.1, -0.05) is 30.3 Å². The van der Waals surface area contributed by atoms with Crippen LogP contribution in [0.3, 0.4) is 0 Å². The van der Waals surface area contributed by atoms with Gasteiger partial charge in [-0.2, -0.15) is 0 Å². The van der Waals surface area contributed by atoms with E-state index >= 15 is 0 Å². The molecule has 2 saturated heterocycles. The Morgan fingerprint density at radius 2 is 1.97 bits per heavy atom. The van der Waals surface area contributed by atoms with Crippen LogP contribution in [0.1, 0.15) is 43.9 Å². The molecular weight excluding hydrogens is 406 g/mol. The monoisotopic (exact) mass is 437 g/mol. The van der Waals surface area contributed by atoms with Crippen molar-refractivity contribution in [2.45, 2.75) is 51.0 Å². The minimum Gasteiger partial charge on any atom is -0.487 e. The Bertz CT molecular complexity index is 972. The quantitative estimate of drug-likeness (QED) is 0.753. The molecule has 3 aliphatic heterocycles. The number of benzene rings is 2. The number of rotatable bonds is 5. The van der Waals surface area contributed by atoms with Gasteiger partial charge in [-0.15, -0.1) is 0 Å². The minimum atomic E-state index is -0.969. The molecule has 0 radical (unpaired) electrons. The number of ether oxygens (including phenoxy) is 3. The number of hydrogen-bond acceptors (Lipinski definition) is 5. The zero-order chi connectivity index (χ0) is 22.3. The standard InChI is InChI=1S/C26H31NO5/c1-26(2)21-13-18-15-27(14-17-7-9-19(10-8-17)30-16-24(28)29)12-11-22(18)31-25(21)20-5-3-4-6-23(20)32-26/h3-10,18,21-22,25H,11-16H2,1-2H3,(H,28,29)/t18-,21+,22+,25-/m1/s1. The third kappa shape index (κ3) is 4.21. The van der Waals surface area contributed by atoms with Crippen molar-refractivity contribution in [2.24, 2.45) is 11.8 Å². The van der Waals surface area contributed by atoms with Crippen molar-refractivity contribution in [3.8, 4) is 11.5 Å². The van der Waals surface area contributed by atoms with E-state index < -0.39 is 5.97 Å². The summed E-state index contributed by atoms with van der Waals surface area (Å²) in [5, 5.41) is 8.74. The number of nitrogens with zero attached hydrogens (tertiary/aromatic N) is 1. The van der Waals surface area contributed by atoms with E-state index in [2.05, 4.69) is 36.9 Å². The maximum Gasteiger partial charge on any atom is 0.341 e. The van der Waals surface area contributed by atoms with E-state index in [1.807, 2.05) is 30.3 Å². The molecule has 1 N–H and O–H groups in total. The molecule has 5 rings (SSSR count). The maximum absolute atomic E-state index is 10.7. The summed E-state index contributed by atoms with van der Waals surface area (Å²) >= 11 is 0. The van der Waals surface area contributed by atoms with Gasteiger partial charge in [0.1, 0.15) is 17.1 Å². The second-order valence-electron chi connectivity index (χ2n) is 9.79. The molecular formula is C26H31NO5. The highest BCUT2D eigenvalue weighted by atomic mass is 16.5. The van der Waals surface area contributed by atoms with Crippen molar-refractivity contribution < 1.29 is 24.1 Å². The number of carbonyl (C=O) groups is 1. The maximum atomic E-state index is 10.7. The SMILES string of the molecule is CC1(C)Oc2ccccc2[C@H]2O[C@H]3CCN(Cc4ccc(OCC(=O)O)cc4)C[C@H]3C[C@@H]21. The summed E-state index contributed by atoms with van der Waals surface area (Å²) in [6.45, 7) is 6.97. The predicted molar refractivity (Wildman–Crippen MR) is 120 cm³/mol. The Morgan fingerprint density at radius 3 is 2.75 bits per heavy atom. The summed E-state index contributed by atoms with van der Waals surface area (Å²) in [6.07, 6.45) is 2.55. The Labute approximate surface area is 189 Å². The lowest BCUT2D eigenvalue weighted by molar-refractivity contribution is -0.187. The predicted octanol–water partition coefficient (Wildman–Crippen LogP) is 4.29. The van der Waals surface area contributed by atoms with E-state index in [0.29, 0.717) is 23.7 Å². The van der Waals surface area contributed by atoms with Crippen molar-refractivity contribution in [2.75, 3.05) is 19.7 Å². The zero-order valence-electron chi connectivity index (χ0n) is 18.7. The molecule has 0 bridgehead atoms. The van der Waals surface area contributed by atoms with Crippen molar-refractivity contribution in [1.82, 2.24) is 4.90 Å². The van der Waals surface area contributed by atoms with Gasteiger partial charge in [0.25, 0.3) is 0 Å². The molecule has 0 amide bonds. The van der Waals surface area contributed by atoms with Crippen LogP contribution in [0.25, 0.3) is 0 Å². The summed E-state index contributed by atoms with van der Waals surface area (Å²) in [6, 6.07) is 16.1. The number of para-hydroxylation sites is 1. The van der Waals surface area contributed by atoms with Crippen LogP contribution in [0.2, 0.25) is 0 Å². The highest BCUT2D eigenvalue weighted by molar-refractivity contribution is 5.68. The van der Waals surface area contributed by atoms with Crippen molar-refractivity contribution in [1.29, 1.82) is 0 Å². The Balaban J connectivity index is 1.24. The fourth-order valence-corrected chi connectivity index (χ4v) is 5.57. The molecule has 2 aromatic carbocycles. The fraction of sp³-hybridized carbons (Fsp3) is 0.500. The summed E-state index contributed by atoms with van der Waals surface area (Å²) in [4.78, 5) is 13.2. The van der Waals surface area contributed by atoms with Crippen LogP contribution in [0.4, 0.5) is 0 Å². The van der Waals surface area contributed by atoms with Gasteiger partial charge >= 0.3 is 5.97 Å². The van der Waals surface area contributed by atoms with Crippen LogP contribution in [0.15, 0.2) is 48.5 Å². The number of carboxylic acid groups (broad SMARTS) is 1. The average Bonchev–Trinajstić information content (AvgIpc) is 2.77. The number of likely N-dealkylation sites (tertiary alicyclic amines) is 1. The molecule has 6 heteroatoms. The molecule has 0 aromatic heterocycles. The fourth-order valence-electron chi connectivity index (χ4n) is 5.57. The molecule has 2 fully saturated rings. The van der Waals surface area contributed by atoms with Crippen LogP contribution in [-0.4, -0.2) is 47.4 Å². The first-order valence-electron chi connectivity index (χ1n) is 11.5. The number of aliphatic carboxylic acids is 1. The highest BCUT2D eigenvalue weighted by Crippen LogP contribution is 2.52. The van der Waals surface area contributed by atoms with Crippen molar-refractivity contribution in [3.05, 3.63) is 59.7 Å². The van der Waals surface area contributed by atoms with E-state index in [0.717, 1.165) is 38.2 Å². The summed E-state index contributed by atoms with van der Waals surface area (Å²) in [7, 11) is 0. The first-order valence-corrected chi connectivity index (χ1v) is 11.5. The van der Waals surface area contributed by atoms with Gasteiger partial charge < -0.3 is 19.3 Å². The van der Waals surface area contributed by atoms with Crippen LogP contribution < -0.4 is 9.47 Å². The lowest BCUT2D eigenvalue weighted by Crippen LogP contribution is -2.55. The third-order valence-corrected chi connectivity index (χ3v) is 7.18. The molecule has 32 heavy (non-hydrogen) atoms. The highest BCUT2D eigenvalue weighted by Gasteiger charge is 2.51. The van der Waals surface area contributed by atoms with Crippen LogP contribution in [0, 0.1) is 11.8 Å². The Hall–Kier alpha value is -2.57. The molecule has 2 aromatic rings. The normalized spacial score (nSPS) is 28.6. The first-order chi connectivity index (χ1) is 15.4. The Kier molecular flexibility index (Phi) is 5.59. The first kappa shape index (κ1) is 21.3. The van der Waals surface area contributed by atoms with Gasteiger partial charge in [-0.25, -0.2) is 4.79 Å². The number of carboxylic acids is 1. The Morgan fingerprint density at radius 1 is 1.19 bits per heavy atom. The van der Waals surface area contributed by atoms with Crippen LogP contribution >= 0.6 is 0 Å². The lowest BCUT2D eigenvalue weighted by Gasteiger charge is -2.53. The van der Waals surface area contributed by atoms with E-state index in [1.54, 1.807) is 0 Å². The van der Waals surface area contributed by atoms with Gasteiger partial charge in [0.05, 0.1) is 12.2 Å². The average molecular weight is 438 g/mol. The smallest absolute Gasteiger partial charge is 0.341 e. The second-order valence-corrected chi connectivity index (χ2v) is 9.79. The molecule has 0 unspecified atom stereocenters. The molecule has 0 saturated carbocycles. The van der Waals surface area contributed by atoms with E-state index in [9.17, 15) is 4.79 Å². The van der Waals surface area contributed by atoms with E-state index in [-0.39, 0.29) is 18.3 Å². The van der Waals surface area contributed by atoms with Crippen LogP contribution in [-0.2, 0) is 16.1 Å². The molecule has 0 aliphatic carbocycles. The number of piperidine rings is 1. The number of hydrogen-bond donors (Lipinski definition) is 1. The van der Waals surface area contributed by atoms with Gasteiger partial charge in [0, 0.05) is 31.1 Å². The zero-order valence-corrected chi connectivity index (χ0v) is 18.7. The van der Waals surface area contributed by atoms with Crippen LogP contribution in [0.5, 0.6) is 11.5 Å². The number of fused-ring (bicyclic) bond motifs is 4. The van der Waals surface area contributed by atoms with Crippen molar-refractivity contribution >= 4 is 5.97 Å². The van der Waals surface area contributed by atoms with Gasteiger partial charge in [-0.3, -0.25) is 4.90 Å². The van der Waals surface area contributed by atoms with E-state index in [4.69, 9.17) is 19.3 Å². The molecule has 0 spiro atoms. The summed E-state index contributed by atoms with van der Waals surface area (Å²) in [5.74, 6) is 1.41. The lowest BCUT2D eigenvalue weighted by atomic mass is 9.70. The molecule has 3 heterocycles. The van der Waals surface area contributed by atoms with E-state index in [1.165, 1.54) is 11.1 Å². The summed E-state index contributed by atoms with van der Waals surface area (Å²) in [5.41, 5.74) is 2.15. The van der Waals surface area contributed by atoms with Gasteiger partial charge in [0.15, 0.2) is 6.61 Å². The third-order valence-electron chi connectivity index (χ3n) is 7.18. The van der Waals surface area contributed by atoms with Gasteiger partial charge in [0.2, 0.25) is 0 Å². The summed E-state index contributed by atoms with van der Waals surface area (Å²) < 4.78 is 18.4. The van der Waals surface area contributed by atoms with Crippen molar-refractivity contribution in [3.63, 3.8) is 0 Å². The van der Waals surface area contributed by atoms with Gasteiger partial charge in [-0.05, 0) is 56.4 Å². The molecule has 6 nitrogen and oxygen atoms in total.